The van der Waals surface area contributed by atoms with E-state index in [1.165, 1.54) is 22.9 Å². The number of pyridine rings is 2. The van der Waals surface area contributed by atoms with Crippen LogP contribution in [0.5, 0.6) is 11.5 Å². The van der Waals surface area contributed by atoms with E-state index in [4.69, 9.17) is 24.7 Å². The van der Waals surface area contributed by atoms with Gasteiger partial charge in [0.25, 0.3) is 5.91 Å². The van der Waals surface area contributed by atoms with Crippen LogP contribution in [0.15, 0.2) is 94.8 Å². The van der Waals surface area contributed by atoms with Gasteiger partial charge in [0.05, 0.1) is 50.6 Å². The van der Waals surface area contributed by atoms with Crippen LogP contribution < -0.4 is 31.4 Å². The van der Waals surface area contributed by atoms with Crippen LogP contribution >= 0.6 is 0 Å². The Morgan fingerprint density at radius 1 is 0.766 bits per heavy atom. The molecule has 2 fully saturated rings. The van der Waals surface area contributed by atoms with Gasteiger partial charge >= 0.3 is 5.97 Å². The molecule has 2 saturated heterocycles. The molecule has 0 aliphatic carbocycles. The number of benzene rings is 2. The fraction of sp³-hybridized carbons (Fsp3) is 0.294. The first-order chi connectivity index (χ1) is 22.8. The van der Waals surface area contributed by atoms with E-state index in [0.29, 0.717) is 26.4 Å². The number of aromatic nitrogens is 2. The number of nitrogens with two attached hydrogens (primary N) is 1. The Bertz CT molecular complexity index is 1860. The number of carboxylic acids is 1. The number of hydrogen-bond acceptors (Lipinski definition) is 9. The second-order valence-corrected chi connectivity index (χ2v) is 11.3. The first kappa shape index (κ1) is 31.7. The smallest absolute Gasteiger partial charge is 0.356 e. The van der Waals surface area contributed by atoms with Crippen LogP contribution in [0.25, 0.3) is 0 Å². The summed E-state index contributed by atoms with van der Waals surface area (Å²) in [6, 6.07) is 20.7. The number of amides is 1. The van der Waals surface area contributed by atoms with E-state index >= 15 is 0 Å². The topological polar surface area (TPSA) is 173 Å². The highest BCUT2D eigenvalue weighted by atomic mass is 16.5. The minimum atomic E-state index is -1.24. The largest absolute Gasteiger partial charge is 0.483 e. The number of hydrogen-bond donors (Lipinski definition) is 3. The van der Waals surface area contributed by atoms with Crippen LogP contribution in [-0.4, -0.2) is 64.6 Å². The zero-order chi connectivity index (χ0) is 32.9. The highest BCUT2D eigenvalue weighted by molar-refractivity contribution is 5.96. The van der Waals surface area contributed by atoms with Gasteiger partial charge in [0.2, 0.25) is 10.9 Å². The van der Waals surface area contributed by atoms with E-state index < -0.39 is 11.4 Å². The van der Waals surface area contributed by atoms with Crippen molar-refractivity contribution in [2.24, 2.45) is 5.73 Å². The van der Waals surface area contributed by atoms with Crippen molar-refractivity contribution in [1.82, 2.24) is 14.5 Å². The fourth-order valence-corrected chi connectivity index (χ4v) is 5.82. The average Bonchev–Trinajstić information content (AvgIpc) is 3.73. The molecule has 4 aromatic rings. The lowest BCUT2D eigenvalue weighted by atomic mass is 10.1. The lowest BCUT2D eigenvalue weighted by molar-refractivity contribution is 0.0672. The zero-order valence-corrected chi connectivity index (χ0v) is 25.3. The van der Waals surface area contributed by atoms with Crippen molar-refractivity contribution < 1.29 is 33.6 Å². The van der Waals surface area contributed by atoms with Crippen LogP contribution in [-0.2, 0) is 22.7 Å². The van der Waals surface area contributed by atoms with Gasteiger partial charge in [-0.25, -0.2) is 4.79 Å². The maximum absolute atomic E-state index is 12.4. The van der Waals surface area contributed by atoms with E-state index in [1.807, 2.05) is 60.7 Å². The number of rotatable bonds is 8. The van der Waals surface area contributed by atoms with Crippen molar-refractivity contribution in [2.45, 2.75) is 37.4 Å². The van der Waals surface area contributed by atoms with Gasteiger partial charge in [-0.05, 0) is 11.1 Å². The third-order valence-corrected chi connectivity index (χ3v) is 8.21. The molecule has 13 nitrogen and oxygen atoms in total. The number of carbonyl (C=O) groups is 2. The molecule has 3 aliphatic heterocycles. The van der Waals surface area contributed by atoms with Crippen LogP contribution in [0.2, 0.25) is 0 Å². The molecule has 1 unspecified atom stereocenters. The molecule has 3 aliphatic rings. The van der Waals surface area contributed by atoms with Gasteiger partial charge in [0.1, 0.15) is 13.2 Å². The predicted octanol–water partition coefficient (Wildman–Crippen LogP) is 2.13. The third-order valence-electron chi connectivity index (χ3n) is 8.21. The van der Waals surface area contributed by atoms with E-state index in [-0.39, 0.29) is 71.6 Å². The van der Waals surface area contributed by atoms with E-state index in [0.717, 1.165) is 11.1 Å². The maximum Gasteiger partial charge on any atom is 0.356 e. The molecule has 0 saturated carbocycles. The minimum absolute atomic E-state index is 0.00220. The number of fused-ring (bicyclic) bond motifs is 3. The van der Waals surface area contributed by atoms with Gasteiger partial charge in [0.15, 0.2) is 22.9 Å². The Morgan fingerprint density at radius 2 is 1.32 bits per heavy atom. The zero-order valence-electron chi connectivity index (χ0n) is 25.3. The number of carboxylic acid groups (broad SMARTS) is 1. The quantitative estimate of drug-likeness (QED) is 0.258. The number of aromatic carboxylic acids is 1. The van der Waals surface area contributed by atoms with E-state index in [2.05, 4.69) is 5.32 Å². The highest BCUT2D eigenvalue weighted by Crippen LogP contribution is 2.29. The highest BCUT2D eigenvalue weighted by Gasteiger charge is 2.39. The van der Waals surface area contributed by atoms with Gasteiger partial charge < -0.3 is 44.2 Å². The Balaban J connectivity index is 0.000000164. The molecule has 244 valence electrons. The Labute approximate surface area is 269 Å². The van der Waals surface area contributed by atoms with Gasteiger partial charge in [0, 0.05) is 24.5 Å². The van der Waals surface area contributed by atoms with Gasteiger partial charge in [-0.3, -0.25) is 14.4 Å². The van der Waals surface area contributed by atoms with Crippen LogP contribution in [0.1, 0.15) is 44.2 Å². The molecule has 0 radical (unpaired) electrons. The first-order valence-electron chi connectivity index (χ1n) is 15.1. The van der Waals surface area contributed by atoms with Gasteiger partial charge in [-0.15, -0.1) is 0 Å². The summed E-state index contributed by atoms with van der Waals surface area (Å²) in [6.07, 6.45) is 3.08. The second kappa shape index (κ2) is 14.0. The molecule has 13 heteroatoms. The monoisotopic (exact) mass is 642 g/mol. The summed E-state index contributed by atoms with van der Waals surface area (Å²) in [5.74, 6) is -1.63. The summed E-state index contributed by atoms with van der Waals surface area (Å²) >= 11 is 0. The van der Waals surface area contributed by atoms with Crippen molar-refractivity contribution in [3.05, 3.63) is 128 Å². The third kappa shape index (κ3) is 6.82. The van der Waals surface area contributed by atoms with Gasteiger partial charge in [-0.2, -0.15) is 0 Å². The molecular formula is C34H34N4O9. The van der Waals surface area contributed by atoms with Crippen LogP contribution in [0, 0.1) is 0 Å². The number of ether oxygens (including phenoxy) is 4. The van der Waals surface area contributed by atoms with Crippen molar-refractivity contribution in [1.29, 1.82) is 0 Å². The Hall–Kier alpha value is -5.24. The number of nitrogens with zero attached hydrogens (tertiary/aromatic N) is 2. The van der Waals surface area contributed by atoms with E-state index in [1.54, 1.807) is 10.8 Å². The van der Waals surface area contributed by atoms with Crippen LogP contribution in [0.4, 0.5) is 0 Å². The van der Waals surface area contributed by atoms with Crippen molar-refractivity contribution in [3.63, 3.8) is 0 Å². The minimum Gasteiger partial charge on any atom is -0.483 e. The molecule has 4 atom stereocenters. The Kier molecular flexibility index (Phi) is 9.47. The van der Waals surface area contributed by atoms with Crippen molar-refractivity contribution >= 4 is 11.9 Å². The second-order valence-electron chi connectivity index (χ2n) is 11.3. The molecule has 7 rings (SSSR count). The summed E-state index contributed by atoms with van der Waals surface area (Å²) < 4.78 is 25.3. The molecular weight excluding hydrogens is 608 g/mol. The molecule has 2 aromatic heterocycles. The number of carbonyl (C=O) groups excluding carboxylic acids is 1. The molecule has 47 heavy (non-hydrogen) atoms. The summed E-state index contributed by atoms with van der Waals surface area (Å²) in [5, 5.41) is 12.5. The molecule has 2 aromatic carbocycles. The summed E-state index contributed by atoms with van der Waals surface area (Å²) in [4.78, 5) is 48.5. The van der Waals surface area contributed by atoms with Crippen molar-refractivity contribution in [3.8, 4) is 11.5 Å². The molecule has 4 N–H and O–H groups in total. The summed E-state index contributed by atoms with van der Waals surface area (Å²) in [6.45, 7) is 1.98. The van der Waals surface area contributed by atoms with Crippen molar-refractivity contribution in [2.75, 3.05) is 26.4 Å². The maximum atomic E-state index is 12.4. The van der Waals surface area contributed by atoms with E-state index in [9.17, 15) is 24.3 Å². The average molecular weight is 643 g/mol. The molecule has 0 bridgehead atoms. The molecule has 5 heterocycles. The normalized spacial score (nSPS) is 21.1. The molecule has 0 spiro atoms. The van der Waals surface area contributed by atoms with Gasteiger partial charge in [-0.1, -0.05) is 60.7 Å². The summed E-state index contributed by atoms with van der Waals surface area (Å²) in [7, 11) is 0. The lowest BCUT2D eigenvalue weighted by Crippen LogP contribution is -2.48. The lowest BCUT2D eigenvalue weighted by Gasteiger charge is -2.30. The summed E-state index contributed by atoms with van der Waals surface area (Å²) in [5.41, 5.74) is 7.05. The molecule has 1 amide bonds. The standard InChI is InChI=1S/C17H18N2O5.C17H16N2O4/c18-12-9-23-10-13(12)19-7-6-14(20)16(15(19)17(21)22)24-8-11-4-2-1-3-5-11;20-14-6-7-19-13-10-22-9-12(13)18-17(21)15(19)16(14)23-8-11-4-2-1-3-5-11/h1-7,12-13H,8-10,18H2,(H,21,22);1-7,12-13H,8-10H2,(H,18,21)/t12-,13-;12-,13?/m11/s1. The fourth-order valence-electron chi connectivity index (χ4n) is 5.82. The van der Waals surface area contributed by atoms with Crippen LogP contribution in [0.3, 0.4) is 0 Å². The first-order valence-corrected chi connectivity index (χ1v) is 15.1. The predicted molar refractivity (Wildman–Crippen MR) is 169 cm³/mol. The number of nitrogens with one attached hydrogen (secondary N) is 1. The SMILES string of the molecule is N[C@@H]1COC[C@H]1n1ccc(=O)c(OCc2ccccc2)c1C(=O)O.O=C1N[C@@H]2COCC2n2ccc(=O)c(OCc3ccccc3)c21. The Morgan fingerprint density at radius 3 is 1.91 bits per heavy atom.